The first kappa shape index (κ1) is 18.2. The zero-order valence-electron chi connectivity index (χ0n) is 14.3. The van der Waals surface area contributed by atoms with E-state index < -0.39 is 47.3 Å². The molecule has 0 fully saturated rings. The van der Waals surface area contributed by atoms with E-state index in [2.05, 4.69) is 4.98 Å². The lowest BCUT2D eigenvalue weighted by atomic mass is 10.0. The number of carboxylic acid groups (broad SMARTS) is 1. The number of hydrogen-bond acceptors (Lipinski definition) is 5. The molecule has 138 valence electrons. The van der Waals surface area contributed by atoms with Crippen LogP contribution in [0.2, 0.25) is 0 Å². The largest absolute Gasteiger partial charge is 0.506 e. The van der Waals surface area contributed by atoms with Crippen LogP contribution in [0.3, 0.4) is 0 Å². The SMILES string of the molecule is Cn1c(=O)c(C(=O)CCC(=O)O)c(O)c2cc(-c3ccccc3F)cnc21. The third kappa shape index (κ3) is 3.29. The molecule has 0 unspecified atom stereocenters. The summed E-state index contributed by atoms with van der Waals surface area (Å²) in [5, 5.41) is 19.3. The molecular weight excluding hydrogens is 355 g/mol. The molecule has 2 aromatic heterocycles. The van der Waals surface area contributed by atoms with Crippen LogP contribution in [-0.4, -0.2) is 31.5 Å². The molecule has 0 radical (unpaired) electrons. The summed E-state index contributed by atoms with van der Waals surface area (Å²) in [6.07, 6.45) is 0.475. The topological polar surface area (TPSA) is 109 Å². The lowest BCUT2D eigenvalue weighted by molar-refractivity contribution is -0.136. The van der Waals surface area contributed by atoms with Gasteiger partial charge >= 0.3 is 5.97 Å². The van der Waals surface area contributed by atoms with Gasteiger partial charge < -0.3 is 10.2 Å². The van der Waals surface area contributed by atoms with Gasteiger partial charge in [-0.15, -0.1) is 0 Å². The Morgan fingerprint density at radius 2 is 1.93 bits per heavy atom. The number of carbonyl (C=O) groups excluding carboxylic acids is 1. The number of aromatic nitrogens is 2. The maximum absolute atomic E-state index is 14.0. The minimum absolute atomic E-state index is 0.0940. The highest BCUT2D eigenvalue weighted by atomic mass is 19.1. The molecule has 3 rings (SSSR count). The first-order valence-electron chi connectivity index (χ1n) is 8.03. The Kier molecular flexibility index (Phi) is 4.72. The molecule has 0 aliphatic rings. The normalized spacial score (nSPS) is 10.9. The Morgan fingerprint density at radius 1 is 1.22 bits per heavy atom. The molecule has 3 aromatic rings. The highest BCUT2D eigenvalue weighted by molar-refractivity contribution is 6.04. The molecule has 2 N–H and O–H groups in total. The van der Waals surface area contributed by atoms with Crippen LogP contribution in [0.1, 0.15) is 23.2 Å². The Hall–Kier alpha value is -3.55. The molecule has 0 aliphatic carbocycles. The van der Waals surface area contributed by atoms with Crippen LogP contribution in [0.25, 0.3) is 22.2 Å². The number of benzene rings is 1. The summed E-state index contributed by atoms with van der Waals surface area (Å²) in [4.78, 5) is 39.5. The lowest BCUT2D eigenvalue weighted by Crippen LogP contribution is -2.25. The quantitative estimate of drug-likeness (QED) is 0.668. The van der Waals surface area contributed by atoms with Crippen LogP contribution >= 0.6 is 0 Å². The molecule has 1 aromatic carbocycles. The van der Waals surface area contributed by atoms with Crippen molar-refractivity contribution < 1.29 is 24.2 Å². The van der Waals surface area contributed by atoms with Crippen LogP contribution in [0, 0.1) is 5.82 Å². The first-order valence-corrected chi connectivity index (χ1v) is 8.03. The van der Waals surface area contributed by atoms with Gasteiger partial charge in [0.1, 0.15) is 22.8 Å². The Labute approximate surface area is 152 Å². The number of Topliss-reactive ketones (excluding diaryl/α,β-unsaturated/α-hetero) is 1. The highest BCUT2D eigenvalue weighted by Gasteiger charge is 2.22. The third-order valence-electron chi connectivity index (χ3n) is 4.22. The average Bonchev–Trinajstić information content (AvgIpc) is 2.64. The molecule has 7 nitrogen and oxygen atoms in total. The second kappa shape index (κ2) is 6.99. The van der Waals surface area contributed by atoms with Gasteiger partial charge in [0.25, 0.3) is 5.56 Å². The molecule has 8 heteroatoms. The lowest BCUT2D eigenvalue weighted by Gasteiger charge is -2.12. The van der Waals surface area contributed by atoms with Crippen molar-refractivity contribution >= 4 is 22.8 Å². The second-order valence-electron chi connectivity index (χ2n) is 5.98. The van der Waals surface area contributed by atoms with Crippen molar-refractivity contribution in [2.24, 2.45) is 7.05 Å². The molecule has 0 atom stereocenters. The molecule has 0 bridgehead atoms. The maximum atomic E-state index is 14.0. The summed E-state index contributed by atoms with van der Waals surface area (Å²) in [6.45, 7) is 0. The van der Waals surface area contributed by atoms with E-state index >= 15 is 0 Å². The standard InChI is InChI=1S/C19H15FN2O5/c1-22-18-12(8-10(9-21-18)11-4-2-3-5-13(11)20)17(26)16(19(22)27)14(23)6-7-15(24)25/h2-5,8-9,26H,6-7H2,1H3,(H,24,25). The number of carbonyl (C=O) groups is 2. The molecule has 0 saturated heterocycles. The van der Waals surface area contributed by atoms with Crippen molar-refractivity contribution in [2.75, 3.05) is 0 Å². The van der Waals surface area contributed by atoms with E-state index in [9.17, 15) is 23.9 Å². The van der Waals surface area contributed by atoms with Crippen LogP contribution in [0.4, 0.5) is 4.39 Å². The van der Waals surface area contributed by atoms with Gasteiger partial charge in [-0.05, 0) is 12.1 Å². The second-order valence-corrected chi connectivity index (χ2v) is 5.98. The molecule has 0 spiro atoms. The molecule has 0 aliphatic heterocycles. The zero-order chi connectivity index (χ0) is 19.7. The minimum Gasteiger partial charge on any atom is -0.506 e. The summed E-state index contributed by atoms with van der Waals surface area (Å²) < 4.78 is 15.1. The number of ketones is 1. The Balaban J connectivity index is 2.22. The van der Waals surface area contributed by atoms with Gasteiger partial charge in [-0.2, -0.15) is 0 Å². The van der Waals surface area contributed by atoms with E-state index in [-0.39, 0.29) is 16.6 Å². The van der Waals surface area contributed by atoms with Crippen molar-refractivity contribution in [1.29, 1.82) is 0 Å². The maximum Gasteiger partial charge on any atom is 0.303 e. The van der Waals surface area contributed by atoms with Crippen LogP contribution < -0.4 is 5.56 Å². The van der Waals surface area contributed by atoms with E-state index in [4.69, 9.17) is 5.11 Å². The summed E-state index contributed by atoms with van der Waals surface area (Å²) >= 11 is 0. The molecule has 27 heavy (non-hydrogen) atoms. The summed E-state index contributed by atoms with van der Waals surface area (Å²) in [5.41, 5.74) is -0.551. The number of aryl methyl sites for hydroxylation is 1. The minimum atomic E-state index is -1.19. The van der Waals surface area contributed by atoms with Crippen molar-refractivity contribution in [1.82, 2.24) is 9.55 Å². The van der Waals surface area contributed by atoms with Crippen LogP contribution in [-0.2, 0) is 11.8 Å². The number of nitrogens with zero attached hydrogens (tertiary/aromatic N) is 2. The van der Waals surface area contributed by atoms with Crippen LogP contribution in [0.5, 0.6) is 5.75 Å². The van der Waals surface area contributed by atoms with Crippen molar-refractivity contribution in [3.8, 4) is 16.9 Å². The van der Waals surface area contributed by atoms with E-state index in [1.54, 1.807) is 6.07 Å². The molecule has 0 amide bonds. The van der Waals surface area contributed by atoms with E-state index in [0.717, 1.165) is 4.57 Å². The number of pyridine rings is 2. The van der Waals surface area contributed by atoms with Gasteiger partial charge in [-0.25, -0.2) is 9.37 Å². The van der Waals surface area contributed by atoms with Crippen molar-refractivity contribution in [3.05, 3.63) is 58.3 Å². The van der Waals surface area contributed by atoms with Crippen molar-refractivity contribution in [3.63, 3.8) is 0 Å². The van der Waals surface area contributed by atoms with E-state index in [1.807, 2.05) is 0 Å². The smallest absolute Gasteiger partial charge is 0.303 e. The first-order chi connectivity index (χ1) is 12.8. The average molecular weight is 370 g/mol. The number of hydrogen-bond donors (Lipinski definition) is 2. The van der Waals surface area contributed by atoms with Gasteiger partial charge in [0, 0.05) is 30.8 Å². The van der Waals surface area contributed by atoms with E-state index in [0.29, 0.717) is 5.56 Å². The number of rotatable bonds is 5. The Morgan fingerprint density at radius 3 is 2.59 bits per heavy atom. The van der Waals surface area contributed by atoms with E-state index in [1.165, 1.54) is 37.5 Å². The fourth-order valence-corrected chi connectivity index (χ4v) is 2.84. The summed E-state index contributed by atoms with van der Waals surface area (Å²) in [5.74, 6) is -3.05. The number of aliphatic carboxylic acids is 1. The molecule has 2 heterocycles. The Bertz CT molecular complexity index is 1140. The zero-order valence-corrected chi connectivity index (χ0v) is 14.3. The van der Waals surface area contributed by atoms with Crippen LogP contribution in [0.15, 0.2) is 41.3 Å². The van der Waals surface area contributed by atoms with Gasteiger partial charge in [0.2, 0.25) is 0 Å². The number of halogens is 1. The monoisotopic (exact) mass is 370 g/mol. The predicted molar refractivity (Wildman–Crippen MR) is 95.2 cm³/mol. The van der Waals surface area contributed by atoms with Gasteiger partial charge in [-0.1, -0.05) is 18.2 Å². The van der Waals surface area contributed by atoms with Gasteiger partial charge in [-0.3, -0.25) is 19.0 Å². The number of aromatic hydroxyl groups is 1. The van der Waals surface area contributed by atoms with Gasteiger partial charge in [0.05, 0.1) is 11.8 Å². The molecular formula is C19H15FN2O5. The fourth-order valence-electron chi connectivity index (χ4n) is 2.84. The summed E-state index contributed by atoms with van der Waals surface area (Å²) in [6, 6.07) is 7.43. The number of fused-ring (bicyclic) bond motifs is 1. The predicted octanol–water partition coefficient (Wildman–Crippen LogP) is 2.49. The third-order valence-corrected chi connectivity index (χ3v) is 4.22. The highest BCUT2D eigenvalue weighted by Crippen LogP contribution is 2.30. The van der Waals surface area contributed by atoms with Crippen molar-refractivity contribution in [2.45, 2.75) is 12.8 Å². The number of carboxylic acids is 1. The molecule has 0 saturated carbocycles. The fraction of sp³-hybridized carbons (Fsp3) is 0.158. The summed E-state index contributed by atoms with van der Waals surface area (Å²) in [7, 11) is 1.38. The van der Waals surface area contributed by atoms with Gasteiger partial charge in [0.15, 0.2) is 5.78 Å².